The molecule has 2 aromatic heterocycles. The molecule has 0 spiro atoms. The average molecular weight is 262 g/mol. The molecule has 0 radical (unpaired) electrons. The van der Waals surface area contributed by atoms with E-state index >= 15 is 0 Å². The number of aromatic amines is 2. The van der Waals surface area contributed by atoms with Crippen LogP contribution in [0.1, 0.15) is 29.1 Å². The van der Waals surface area contributed by atoms with Crippen LogP contribution in [0.2, 0.25) is 0 Å². The summed E-state index contributed by atoms with van der Waals surface area (Å²) in [6, 6.07) is 0. The lowest BCUT2D eigenvalue weighted by atomic mass is 10.3. The van der Waals surface area contributed by atoms with Crippen molar-refractivity contribution in [2.45, 2.75) is 37.1 Å². The van der Waals surface area contributed by atoms with Crippen molar-refractivity contribution in [1.29, 1.82) is 0 Å². The van der Waals surface area contributed by atoms with Gasteiger partial charge in [0.05, 0.1) is 17.7 Å². The molecule has 94 valence electrons. The second kappa shape index (κ2) is 4.61. The number of rotatable bonds is 3. The van der Waals surface area contributed by atoms with Gasteiger partial charge in [0, 0.05) is 17.0 Å². The molecule has 18 heavy (non-hydrogen) atoms. The molecule has 0 aromatic carbocycles. The molecule has 0 atom stereocenters. The molecule has 2 heterocycles. The molecule has 0 saturated carbocycles. The summed E-state index contributed by atoms with van der Waals surface area (Å²) in [5.74, 6) is 0.719. The van der Waals surface area contributed by atoms with E-state index in [1.54, 1.807) is 6.33 Å². The van der Waals surface area contributed by atoms with Crippen LogP contribution >= 0.6 is 11.8 Å². The quantitative estimate of drug-likeness (QED) is 0.650. The lowest BCUT2D eigenvalue weighted by Crippen LogP contribution is -2.14. The molecule has 5 nitrogen and oxygen atoms in total. The molecule has 6 heteroatoms. The van der Waals surface area contributed by atoms with Gasteiger partial charge in [-0.25, -0.2) is 9.97 Å². The fourth-order valence-corrected chi connectivity index (χ4v) is 3.06. The van der Waals surface area contributed by atoms with E-state index in [4.69, 9.17) is 0 Å². The minimum Gasteiger partial charge on any atom is -0.348 e. The minimum absolute atomic E-state index is 0.0266. The number of hydrogen-bond acceptors (Lipinski definition) is 4. The molecule has 1 aliphatic carbocycles. The highest BCUT2D eigenvalue weighted by atomic mass is 32.2. The number of imidazole rings is 1. The van der Waals surface area contributed by atoms with Crippen LogP contribution in [-0.2, 0) is 18.6 Å². The maximum absolute atomic E-state index is 11.8. The number of nitrogens with one attached hydrogen (secondary N) is 2. The van der Waals surface area contributed by atoms with Gasteiger partial charge >= 0.3 is 0 Å². The van der Waals surface area contributed by atoms with Crippen molar-refractivity contribution in [3.63, 3.8) is 0 Å². The summed E-state index contributed by atoms with van der Waals surface area (Å²) in [4.78, 5) is 26.5. The van der Waals surface area contributed by atoms with Crippen LogP contribution in [-0.4, -0.2) is 19.9 Å². The number of aromatic nitrogens is 4. The Morgan fingerprint density at radius 1 is 1.44 bits per heavy atom. The summed E-state index contributed by atoms with van der Waals surface area (Å²) in [6.07, 6.45) is 4.51. The largest absolute Gasteiger partial charge is 0.348 e. The van der Waals surface area contributed by atoms with Gasteiger partial charge in [0.1, 0.15) is 0 Å². The van der Waals surface area contributed by atoms with Gasteiger partial charge in [-0.3, -0.25) is 4.79 Å². The fourth-order valence-electron chi connectivity index (χ4n) is 2.16. The third-order valence-electron chi connectivity index (χ3n) is 3.20. The Labute approximate surface area is 108 Å². The van der Waals surface area contributed by atoms with Gasteiger partial charge in [0.25, 0.3) is 5.56 Å². The molecular weight excluding hydrogens is 248 g/mol. The standard InChI is InChI=1S/C12H14N4OS/c1-7-10(14-6-13-7)5-18-12-15-9-4-2-3-8(9)11(17)16-12/h6H,2-5H2,1H3,(H,13,14)(H,15,16,17). The Morgan fingerprint density at radius 3 is 3.11 bits per heavy atom. The summed E-state index contributed by atoms with van der Waals surface area (Å²) in [5, 5.41) is 0.697. The molecule has 0 bridgehead atoms. The molecule has 2 aromatic rings. The average Bonchev–Trinajstić information content (AvgIpc) is 2.95. The topological polar surface area (TPSA) is 74.4 Å². The molecule has 0 unspecified atom stereocenters. The van der Waals surface area contributed by atoms with Crippen molar-refractivity contribution in [1.82, 2.24) is 19.9 Å². The summed E-state index contributed by atoms with van der Waals surface area (Å²) < 4.78 is 0. The number of H-pyrrole nitrogens is 2. The highest BCUT2D eigenvalue weighted by Crippen LogP contribution is 2.22. The van der Waals surface area contributed by atoms with E-state index in [0.717, 1.165) is 47.7 Å². The number of nitrogens with zero attached hydrogens (tertiary/aromatic N) is 2. The van der Waals surface area contributed by atoms with Gasteiger partial charge in [-0.1, -0.05) is 11.8 Å². The zero-order valence-corrected chi connectivity index (χ0v) is 10.9. The molecule has 0 aliphatic heterocycles. The Hall–Kier alpha value is -1.56. The summed E-state index contributed by atoms with van der Waals surface area (Å²) in [7, 11) is 0. The number of aryl methyl sites for hydroxylation is 2. The summed E-state index contributed by atoms with van der Waals surface area (Å²) in [6.45, 7) is 1.99. The van der Waals surface area contributed by atoms with E-state index in [0.29, 0.717) is 5.16 Å². The van der Waals surface area contributed by atoms with Crippen LogP contribution < -0.4 is 5.56 Å². The first-order chi connectivity index (χ1) is 8.74. The normalized spacial score (nSPS) is 13.8. The SMILES string of the molecule is Cc1[nH]cnc1CSc1nc2c(c(=O)[nH]1)CCC2. The maximum atomic E-state index is 11.8. The number of hydrogen-bond donors (Lipinski definition) is 2. The van der Waals surface area contributed by atoms with E-state index in [-0.39, 0.29) is 5.56 Å². The number of thioether (sulfide) groups is 1. The van der Waals surface area contributed by atoms with E-state index in [9.17, 15) is 4.79 Å². The smallest absolute Gasteiger partial charge is 0.254 e. The van der Waals surface area contributed by atoms with Crippen LogP contribution in [0.5, 0.6) is 0 Å². The second-order valence-electron chi connectivity index (χ2n) is 4.41. The maximum Gasteiger partial charge on any atom is 0.254 e. The Kier molecular flexibility index (Phi) is 2.95. The zero-order chi connectivity index (χ0) is 12.5. The lowest BCUT2D eigenvalue weighted by Gasteiger charge is -2.03. The second-order valence-corrected chi connectivity index (χ2v) is 5.38. The summed E-state index contributed by atoms with van der Waals surface area (Å²) in [5.41, 5.74) is 3.93. The van der Waals surface area contributed by atoms with Gasteiger partial charge in [0.15, 0.2) is 5.16 Å². The molecule has 1 aliphatic rings. The first-order valence-corrected chi connectivity index (χ1v) is 6.96. The lowest BCUT2D eigenvalue weighted by molar-refractivity contribution is 0.869. The van der Waals surface area contributed by atoms with Crippen LogP contribution in [0, 0.1) is 6.92 Å². The Bertz CT molecular complexity index is 631. The third kappa shape index (κ3) is 2.08. The van der Waals surface area contributed by atoms with Crippen molar-refractivity contribution < 1.29 is 0 Å². The summed E-state index contributed by atoms with van der Waals surface area (Å²) >= 11 is 1.52. The monoisotopic (exact) mass is 262 g/mol. The van der Waals surface area contributed by atoms with Crippen LogP contribution in [0.25, 0.3) is 0 Å². The van der Waals surface area contributed by atoms with Gasteiger partial charge in [-0.05, 0) is 26.2 Å². The molecular formula is C12H14N4OS. The van der Waals surface area contributed by atoms with Crippen LogP contribution in [0.3, 0.4) is 0 Å². The van der Waals surface area contributed by atoms with Crippen molar-refractivity contribution in [3.8, 4) is 0 Å². The first kappa shape index (κ1) is 11.5. The molecule has 3 rings (SSSR count). The first-order valence-electron chi connectivity index (χ1n) is 5.98. The van der Waals surface area contributed by atoms with Gasteiger partial charge in [0.2, 0.25) is 0 Å². The van der Waals surface area contributed by atoms with Gasteiger partial charge in [-0.15, -0.1) is 0 Å². The van der Waals surface area contributed by atoms with E-state index in [1.807, 2.05) is 6.92 Å². The highest BCUT2D eigenvalue weighted by molar-refractivity contribution is 7.98. The van der Waals surface area contributed by atoms with Crippen LogP contribution in [0.15, 0.2) is 16.3 Å². The highest BCUT2D eigenvalue weighted by Gasteiger charge is 2.17. The van der Waals surface area contributed by atoms with Crippen molar-refractivity contribution in [3.05, 3.63) is 39.3 Å². The van der Waals surface area contributed by atoms with E-state index in [1.165, 1.54) is 11.8 Å². The third-order valence-corrected chi connectivity index (χ3v) is 4.08. The number of fused-ring (bicyclic) bond motifs is 1. The van der Waals surface area contributed by atoms with E-state index < -0.39 is 0 Å². The van der Waals surface area contributed by atoms with Gasteiger partial charge < -0.3 is 9.97 Å². The molecule has 0 amide bonds. The van der Waals surface area contributed by atoms with Crippen LogP contribution in [0.4, 0.5) is 0 Å². The Balaban J connectivity index is 1.80. The minimum atomic E-state index is 0.0266. The Morgan fingerprint density at radius 2 is 2.33 bits per heavy atom. The zero-order valence-electron chi connectivity index (χ0n) is 10.1. The van der Waals surface area contributed by atoms with E-state index in [2.05, 4.69) is 19.9 Å². The molecule has 0 fully saturated rings. The van der Waals surface area contributed by atoms with Crippen molar-refractivity contribution >= 4 is 11.8 Å². The molecule has 2 N–H and O–H groups in total. The fraction of sp³-hybridized carbons (Fsp3) is 0.417. The van der Waals surface area contributed by atoms with Crippen molar-refractivity contribution in [2.24, 2.45) is 0 Å². The molecule has 0 saturated heterocycles. The van der Waals surface area contributed by atoms with Crippen molar-refractivity contribution in [2.75, 3.05) is 0 Å². The predicted octanol–water partition coefficient (Wildman–Crippen LogP) is 1.58. The predicted molar refractivity (Wildman–Crippen MR) is 69.8 cm³/mol. The van der Waals surface area contributed by atoms with Gasteiger partial charge in [-0.2, -0.15) is 0 Å².